The van der Waals surface area contributed by atoms with Crippen molar-refractivity contribution in [3.05, 3.63) is 23.3 Å². The molecule has 8 saturated carbocycles. The molecule has 0 amide bonds. The Morgan fingerprint density at radius 2 is 0.929 bits per heavy atom. The van der Waals surface area contributed by atoms with Crippen molar-refractivity contribution in [3.63, 3.8) is 0 Å². The van der Waals surface area contributed by atoms with Crippen LogP contribution in [0.2, 0.25) is 0 Å². The predicted octanol–water partition coefficient (Wildman–Crippen LogP) is 15.9. The van der Waals surface area contributed by atoms with Gasteiger partial charge in [0.05, 0.1) is 22.4 Å². The third-order valence-electron chi connectivity index (χ3n) is 25.3. The van der Waals surface area contributed by atoms with Crippen LogP contribution in [0.4, 0.5) is 0 Å². The van der Waals surface area contributed by atoms with Crippen molar-refractivity contribution in [2.75, 3.05) is 0 Å². The lowest BCUT2D eigenvalue weighted by Crippen LogP contribution is -2.54. The zero-order valence-corrected chi connectivity index (χ0v) is 46.7. The van der Waals surface area contributed by atoms with Gasteiger partial charge in [-0.15, -0.1) is 0 Å². The zero-order chi connectivity index (χ0) is 50.0. The fourth-order valence-corrected chi connectivity index (χ4v) is 20.0. The van der Waals surface area contributed by atoms with E-state index < -0.39 is 22.4 Å². The van der Waals surface area contributed by atoms with Crippen molar-refractivity contribution in [2.24, 2.45) is 91.7 Å². The summed E-state index contributed by atoms with van der Waals surface area (Å²) in [5, 5.41) is 44.0. The Kier molecular flexibility index (Phi) is 14.9. The van der Waals surface area contributed by atoms with E-state index in [-0.39, 0.29) is 24.2 Å². The van der Waals surface area contributed by atoms with Crippen LogP contribution in [-0.4, -0.2) is 48.6 Å². The van der Waals surface area contributed by atoms with Gasteiger partial charge >= 0.3 is 0 Å². The second kappa shape index (κ2) is 18.9. The maximum atomic E-state index is 13.6. The van der Waals surface area contributed by atoms with Crippen molar-refractivity contribution in [3.8, 4) is 0 Å². The van der Waals surface area contributed by atoms with Crippen LogP contribution in [0.15, 0.2) is 23.3 Å². The third kappa shape index (κ3) is 10.1. The van der Waals surface area contributed by atoms with Crippen molar-refractivity contribution >= 4 is 5.78 Å². The summed E-state index contributed by atoms with van der Waals surface area (Å²) in [6.07, 6.45) is 34.6. The van der Waals surface area contributed by atoms with Gasteiger partial charge in [0.15, 0.2) is 5.78 Å². The number of hydrogen-bond acceptors (Lipinski definition) is 5. The molecule has 0 aliphatic heterocycles. The largest absolute Gasteiger partial charge is 0.390 e. The minimum absolute atomic E-state index is 0. The molecule has 10 rings (SSSR count). The number of carbonyl (C=O) groups excluding carboxylic acids is 1. The number of rotatable bonds is 8. The van der Waals surface area contributed by atoms with Gasteiger partial charge in [0.1, 0.15) is 0 Å². The molecule has 0 heterocycles. The van der Waals surface area contributed by atoms with Gasteiger partial charge in [0, 0.05) is 5.92 Å². The molecule has 70 heavy (non-hydrogen) atoms. The van der Waals surface area contributed by atoms with Crippen molar-refractivity contribution in [1.82, 2.24) is 0 Å². The van der Waals surface area contributed by atoms with Crippen LogP contribution in [0.25, 0.3) is 0 Å². The second-order valence-electron chi connectivity index (χ2n) is 31.1. The predicted molar refractivity (Wildman–Crippen MR) is 290 cm³/mol. The van der Waals surface area contributed by atoms with Gasteiger partial charge in [-0.2, -0.15) is 0 Å². The van der Waals surface area contributed by atoms with Crippen LogP contribution in [0.1, 0.15) is 264 Å². The molecule has 8 fully saturated rings. The van der Waals surface area contributed by atoms with Gasteiger partial charge in [-0.25, -0.2) is 0 Å². The highest BCUT2D eigenvalue weighted by Crippen LogP contribution is 2.69. The highest BCUT2D eigenvalue weighted by Gasteiger charge is 2.63. The summed E-state index contributed by atoms with van der Waals surface area (Å²) in [5.41, 5.74) is 2.75. The average Bonchev–Trinajstić information content (AvgIpc) is 3.82. The van der Waals surface area contributed by atoms with E-state index in [1.807, 2.05) is 19.9 Å². The minimum atomic E-state index is -0.659. The van der Waals surface area contributed by atoms with E-state index >= 15 is 0 Å². The van der Waals surface area contributed by atoms with Crippen LogP contribution >= 0.6 is 0 Å². The van der Waals surface area contributed by atoms with E-state index in [9.17, 15) is 25.2 Å². The lowest BCUT2D eigenvalue weighted by molar-refractivity contribution is -0.136. The van der Waals surface area contributed by atoms with Crippen LogP contribution in [0, 0.1) is 91.7 Å². The summed E-state index contributed by atoms with van der Waals surface area (Å²) < 4.78 is 0. The van der Waals surface area contributed by atoms with Crippen molar-refractivity contribution in [2.45, 2.75) is 286 Å². The minimum Gasteiger partial charge on any atom is -0.390 e. The smallest absolute Gasteiger partial charge is 0.159 e. The average molecular weight is 972 g/mol. The highest BCUT2D eigenvalue weighted by atomic mass is 16.3. The van der Waals surface area contributed by atoms with Crippen LogP contribution in [-0.2, 0) is 4.79 Å². The standard InChI is InChI=1S/C32H52O3.C32H54O2.CH4/c1-21(9-12-32(35)17-13-28(2,3)14-18-32)23-7-8-24-27-25(10-11-31(23,24)6)30(5)16-15-29(4,34)20-22(30)19-26(27)33;1-22(11-14-32(34)19-15-28(2,3)16-20-32)25-9-10-26-24-8-7-23-21-29(4,33)17-18-30(23,5)27(24)12-13-31(25,26)6;/h19,21,23-25,27,34-35H,7-18,20H2,1-6H3;7,22,24-27,33-34H,8-21H2,1-6H3;1H4/t21-,23-,24+,25+,27+,29+,30+,31-;22-,24+,25-,26+,27+,29+,30+,31-;/m11./s1. The summed E-state index contributed by atoms with van der Waals surface area (Å²) in [4.78, 5) is 13.6. The molecule has 0 bridgehead atoms. The SMILES string of the molecule is C.C[C@H](CCC1(O)CCC(C)(C)CC1)[C@H]1CC[C@H]2[C@@H]3C(=O)C=C4C[C@@](C)(O)CC[C@]4(C)[C@H]3CC[C@]12C.C[C@H](CCC1(O)CCC(C)(C)CC1)[C@H]1CC[C@H]2[C@@H]3CC=C4C[C@@](C)(O)CC[C@]4(C)[C@H]3CC[C@]12C. The number of aliphatic hydroxyl groups is 4. The van der Waals surface area contributed by atoms with Gasteiger partial charge in [-0.3, -0.25) is 4.79 Å². The maximum absolute atomic E-state index is 13.6. The van der Waals surface area contributed by atoms with Crippen LogP contribution in [0.5, 0.6) is 0 Å². The fraction of sp³-hybridized carbons (Fsp3) is 0.923. The first-order valence-electron chi connectivity index (χ1n) is 29.8. The Morgan fingerprint density at radius 3 is 1.43 bits per heavy atom. The van der Waals surface area contributed by atoms with E-state index in [1.54, 1.807) is 5.57 Å². The van der Waals surface area contributed by atoms with Crippen molar-refractivity contribution < 1.29 is 25.2 Å². The molecular formula is C65H110O5. The molecule has 5 nitrogen and oxygen atoms in total. The van der Waals surface area contributed by atoms with Gasteiger partial charge in [0.25, 0.3) is 0 Å². The Balaban J connectivity index is 0.000000186. The summed E-state index contributed by atoms with van der Waals surface area (Å²) in [6.45, 7) is 28.5. The number of fused-ring (bicyclic) bond motifs is 10. The lowest BCUT2D eigenvalue weighted by Gasteiger charge is -2.59. The number of ketones is 1. The summed E-state index contributed by atoms with van der Waals surface area (Å²) >= 11 is 0. The molecule has 0 aromatic carbocycles. The molecule has 0 unspecified atom stereocenters. The molecule has 0 radical (unpaired) electrons. The molecule has 10 aliphatic rings. The van der Waals surface area contributed by atoms with Gasteiger partial charge in [0.2, 0.25) is 0 Å². The monoisotopic (exact) mass is 971 g/mol. The topological polar surface area (TPSA) is 98.0 Å². The Bertz CT molecular complexity index is 1950. The first-order valence-corrected chi connectivity index (χ1v) is 29.8. The summed E-state index contributed by atoms with van der Waals surface area (Å²) in [6, 6.07) is 0. The van der Waals surface area contributed by atoms with Gasteiger partial charge < -0.3 is 20.4 Å². The highest BCUT2D eigenvalue weighted by molar-refractivity contribution is 5.94. The van der Waals surface area contributed by atoms with E-state index in [2.05, 4.69) is 75.3 Å². The van der Waals surface area contributed by atoms with Crippen molar-refractivity contribution in [1.29, 1.82) is 0 Å². The molecule has 5 heteroatoms. The summed E-state index contributed by atoms with van der Waals surface area (Å²) in [7, 11) is 0. The summed E-state index contributed by atoms with van der Waals surface area (Å²) in [5.74, 6) is 6.83. The molecular weight excluding hydrogens is 861 g/mol. The Labute approximate surface area is 430 Å². The molecule has 16 atom stereocenters. The van der Waals surface area contributed by atoms with Gasteiger partial charge in [-0.05, 0) is 279 Å². The third-order valence-corrected chi connectivity index (χ3v) is 25.3. The van der Waals surface area contributed by atoms with E-state index in [0.717, 1.165) is 119 Å². The molecule has 0 aromatic heterocycles. The molecule has 10 aliphatic carbocycles. The first-order chi connectivity index (χ1) is 32.0. The first kappa shape index (κ1) is 55.2. The number of allylic oxidation sites excluding steroid dienone is 2. The van der Waals surface area contributed by atoms with Crippen LogP contribution in [0.3, 0.4) is 0 Å². The van der Waals surface area contributed by atoms with E-state index in [0.29, 0.717) is 57.5 Å². The number of hydrogen-bond donors (Lipinski definition) is 4. The molecule has 4 N–H and O–H groups in total. The Hall–Kier alpha value is -1.01. The molecule has 0 aromatic rings. The lowest BCUT2D eigenvalue weighted by atomic mass is 9.46. The fourth-order valence-electron chi connectivity index (χ4n) is 20.0. The van der Waals surface area contributed by atoms with E-state index in [4.69, 9.17) is 0 Å². The van der Waals surface area contributed by atoms with Gasteiger partial charge in [-0.1, -0.05) is 93.9 Å². The zero-order valence-electron chi connectivity index (χ0n) is 46.7. The second-order valence-corrected chi connectivity index (χ2v) is 31.1. The quantitative estimate of drug-likeness (QED) is 0.182. The number of carbonyl (C=O) groups is 1. The molecule has 400 valence electrons. The van der Waals surface area contributed by atoms with E-state index in [1.165, 1.54) is 82.6 Å². The molecule has 0 spiro atoms. The van der Waals surface area contributed by atoms with Crippen LogP contribution < -0.4 is 0 Å². The Morgan fingerprint density at radius 1 is 0.500 bits per heavy atom. The normalized spacial score (nSPS) is 47.1. The maximum Gasteiger partial charge on any atom is 0.159 e. The molecule has 0 saturated heterocycles.